The maximum Gasteiger partial charge on any atom is 0.0506 e. The van der Waals surface area contributed by atoms with E-state index in [1.807, 2.05) is 12.4 Å². The number of allylic oxidation sites excluding steroid dienone is 3. The Morgan fingerprint density at radius 2 is 2.05 bits per heavy atom. The minimum atomic E-state index is -0.637. The third kappa shape index (κ3) is 3.81. The molecule has 1 saturated heterocycles. The summed E-state index contributed by atoms with van der Waals surface area (Å²) in [5, 5.41) is 0. The first-order valence-corrected chi connectivity index (χ1v) is 10.8. The Labute approximate surface area is 132 Å². The lowest BCUT2D eigenvalue weighted by Gasteiger charge is -2.49. The van der Waals surface area contributed by atoms with Crippen LogP contribution in [0.1, 0.15) is 33.1 Å². The molecule has 0 aromatic heterocycles. The lowest BCUT2D eigenvalue weighted by Crippen LogP contribution is -2.38. The van der Waals surface area contributed by atoms with E-state index in [1.165, 1.54) is 6.42 Å². The van der Waals surface area contributed by atoms with Gasteiger partial charge in [-0.1, -0.05) is 32.1 Å². The largest absolute Gasteiger partial charge is 0.381 e. The fourth-order valence-electron chi connectivity index (χ4n) is 3.15. The highest BCUT2D eigenvalue weighted by atomic mass is 32.3. The number of nitrogens with zero attached hydrogens (tertiary/aromatic N) is 1. The average Bonchev–Trinajstić information content (AvgIpc) is 2.85. The summed E-state index contributed by atoms with van der Waals surface area (Å²) in [7, 11) is -0.637. The summed E-state index contributed by atoms with van der Waals surface area (Å²) >= 11 is 0. The fraction of sp³-hybridized carbons (Fsp3) is 0.722. The number of aliphatic imine (C=N–C) groups is 1. The van der Waals surface area contributed by atoms with Crippen molar-refractivity contribution >= 4 is 16.2 Å². The van der Waals surface area contributed by atoms with Gasteiger partial charge < -0.3 is 4.74 Å². The molecule has 0 aromatic carbocycles. The van der Waals surface area contributed by atoms with E-state index in [0.29, 0.717) is 10.7 Å². The van der Waals surface area contributed by atoms with Gasteiger partial charge in [0.05, 0.1) is 6.61 Å². The van der Waals surface area contributed by atoms with Crippen LogP contribution in [0.25, 0.3) is 0 Å². The zero-order chi connectivity index (χ0) is 15.6. The van der Waals surface area contributed by atoms with Crippen molar-refractivity contribution in [1.29, 1.82) is 0 Å². The zero-order valence-corrected chi connectivity index (χ0v) is 15.1. The van der Waals surface area contributed by atoms with Crippen LogP contribution in [0, 0.1) is 11.3 Å². The Balaban J connectivity index is 2.36. The Morgan fingerprint density at radius 1 is 1.29 bits per heavy atom. The Bertz CT molecular complexity index is 439. The second-order valence-corrected chi connectivity index (χ2v) is 12.5. The summed E-state index contributed by atoms with van der Waals surface area (Å²) in [5.74, 6) is 0.583. The summed E-state index contributed by atoms with van der Waals surface area (Å²) in [4.78, 5) is 4.40. The van der Waals surface area contributed by atoms with Crippen molar-refractivity contribution in [2.24, 2.45) is 16.3 Å². The molecule has 0 radical (unpaired) electrons. The highest BCUT2D eigenvalue weighted by Gasteiger charge is 2.43. The van der Waals surface area contributed by atoms with Gasteiger partial charge >= 0.3 is 0 Å². The molecule has 0 amide bonds. The van der Waals surface area contributed by atoms with Crippen LogP contribution in [-0.4, -0.2) is 42.9 Å². The predicted molar refractivity (Wildman–Crippen MR) is 96.8 cm³/mol. The van der Waals surface area contributed by atoms with Crippen LogP contribution in [0.3, 0.4) is 0 Å². The van der Waals surface area contributed by atoms with Gasteiger partial charge in [-0.2, -0.15) is 0 Å². The molecule has 2 aliphatic rings. The van der Waals surface area contributed by atoms with Gasteiger partial charge in [-0.3, -0.25) is 4.99 Å². The standard InChI is InChI=1S/C18H31NOS/c1-17(2,21(3,4)5)15-18(16-8-13-20-14-16)9-6-7-11-19-12-10-18/h6,9-12,16H,7-8,13-15H2,1-5H3. The molecule has 2 rings (SSSR count). The SMILES string of the molecule is CC(C)(CC1(C2CCOC2)C=CCC=NC=C1)S(C)(C)C. The second kappa shape index (κ2) is 6.29. The molecule has 2 heterocycles. The van der Waals surface area contributed by atoms with Crippen LogP contribution < -0.4 is 0 Å². The van der Waals surface area contributed by atoms with Crippen molar-refractivity contribution < 1.29 is 4.74 Å². The molecule has 2 aliphatic heterocycles. The first kappa shape index (κ1) is 16.8. The number of hydrogen-bond donors (Lipinski definition) is 0. The molecule has 0 aliphatic carbocycles. The van der Waals surface area contributed by atoms with E-state index in [9.17, 15) is 0 Å². The molecule has 1 fully saturated rings. The molecule has 2 unspecified atom stereocenters. The van der Waals surface area contributed by atoms with Gasteiger partial charge in [0.1, 0.15) is 0 Å². The normalized spacial score (nSPS) is 31.2. The van der Waals surface area contributed by atoms with Crippen molar-refractivity contribution in [2.45, 2.75) is 37.9 Å². The third-order valence-electron chi connectivity index (χ3n) is 5.33. The Hall–Kier alpha value is -0.540. The summed E-state index contributed by atoms with van der Waals surface area (Å²) in [5.41, 5.74) is 0.0953. The molecule has 0 aromatic rings. The number of ether oxygens (including phenoxy) is 1. The van der Waals surface area contributed by atoms with E-state index >= 15 is 0 Å². The lowest BCUT2D eigenvalue weighted by molar-refractivity contribution is 0.158. The molecule has 0 spiro atoms. The lowest BCUT2D eigenvalue weighted by atomic mass is 9.69. The maximum absolute atomic E-state index is 5.71. The van der Waals surface area contributed by atoms with Crippen molar-refractivity contribution in [2.75, 3.05) is 32.0 Å². The van der Waals surface area contributed by atoms with Gasteiger partial charge in [0.2, 0.25) is 0 Å². The molecule has 3 heteroatoms. The molecular weight excluding hydrogens is 278 g/mol. The molecule has 0 N–H and O–H groups in total. The van der Waals surface area contributed by atoms with Crippen molar-refractivity contribution in [3.05, 3.63) is 24.4 Å². The van der Waals surface area contributed by atoms with E-state index in [2.05, 4.69) is 55.8 Å². The summed E-state index contributed by atoms with van der Waals surface area (Å²) in [6.45, 7) is 6.65. The van der Waals surface area contributed by atoms with Gasteiger partial charge in [-0.15, -0.1) is 0 Å². The molecule has 21 heavy (non-hydrogen) atoms. The molecule has 0 saturated carbocycles. The highest BCUT2D eigenvalue weighted by Crippen LogP contribution is 2.57. The quantitative estimate of drug-likeness (QED) is 0.705. The smallest absolute Gasteiger partial charge is 0.0506 e. The Morgan fingerprint density at radius 3 is 2.67 bits per heavy atom. The van der Waals surface area contributed by atoms with Gasteiger partial charge in [0.15, 0.2) is 0 Å². The predicted octanol–water partition coefficient (Wildman–Crippen LogP) is 4.42. The minimum Gasteiger partial charge on any atom is -0.381 e. The third-order valence-corrected chi connectivity index (χ3v) is 8.79. The molecule has 2 nitrogen and oxygen atoms in total. The highest BCUT2D eigenvalue weighted by molar-refractivity contribution is 8.33. The zero-order valence-electron chi connectivity index (χ0n) is 14.3. The van der Waals surface area contributed by atoms with Gasteiger partial charge in [0, 0.05) is 30.9 Å². The number of rotatable bonds is 4. The van der Waals surface area contributed by atoms with Crippen molar-refractivity contribution in [3.8, 4) is 0 Å². The van der Waals surface area contributed by atoms with Crippen molar-refractivity contribution in [3.63, 3.8) is 0 Å². The average molecular weight is 310 g/mol. The van der Waals surface area contributed by atoms with E-state index in [-0.39, 0.29) is 5.41 Å². The Kier molecular flexibility index (Phi) is 5.04. The van der Waals surface area contributed by atoms with Crippen LogP contribution in [0.5, 0.6) is 0 Å². The second-order valence-electron chi connectivity index (χ2n) is 7.73. The van der Waals surface area contributed by atoms with Gasteiger partial charge in [0.25, 0.3) is 0 Å². The summed E-state index contributed by atoms with van der Waals surface area (Å²) < 4.78 is 6.03. The van der Waals surface area contributed by atoms with Crippen LogP contribution >= 0.6 is 10.0 Å². The topological polar surface area (TPSA) is 21.6 Å². The van der Waals surface area contributed by atoms with E-state index in [4.69, 9.17) is 4.74 Å². The van der Waals surface area contributed by atoms with Gasteiger partial charge in [-0.25, -0.2) is 10.0 Å². The fourth-order valence-corrected chi connectivity index (χ4v) is 3.84. The summed E-state index contributed by atoms with van der Waals surface area (Å²) in [6, 6.07) is 0. The van der Waals surface area contributed by atoms with Crippen LogP contribution in [0.2, 0.25) is 0 Å². The van der Waals surface area contributed by atoms with Gasteiger partial charge in [-0.05, 0) is 42.3 Å². The summed E-state index contributed by atoms with van der Waals surface area (Å²) in [6.07, 6.45) is 21.6. The molecular formula is C18H31NOS. The molecule has 0 bridgehead atoms. The first-order valence-electron chi connectivity index (χ1n) is 7.90. The first-order chi connectivity index (χ1) is 9.77. The maximum atomic E-state index is 5.71. The van der Waals surface area contributed by atoms with E-state index < -0.39 is 10.0 Å². The van der Waals surface area contributed by atoms with E-state index in [1.54, 1.807) is 0 Å². The number of hydrogen-bond acceptors (Lipinski definition) is 2. The van der Waals surface area contributed by atoms with Crippen LogP contribution in [0.15, 0.2) is 29.4 Å². The molecule has 2 atom stereocenters. The van der Waals surface area contributed by atoms with Crippen LogP contribution in [-0.2, 0) is 4.74 Å². The van der Waals surface area contributed by atoms with E-state index in [0.717, 1.165) is 26.1 Å². The minimum absolute atomic E-state index is 0.0953. The molecule has 120 valence electrons. The monoisotopic (exact) mass is 309 g/mol. The van der Waals surface area contributed by atoms with Crippen LogP contribution in [0.4, 0.5) is 0 Å². The van der Waals surface area contributed by atoms with Crippen molar-refractivity contribution in [1.82, 2.24) is 0 Å².